The van der Waals surface area contributed by atoms with Crippen molar-refractivity contribution >= 4 is 40.3 Å². The molecule has 0 atom stereocenters. The van der Waals surface area contributed by atoms with Crippen LogP contribution in [0.4, 0.5) is 11.4 Å². The van der Waals surface area contributed by atoms with E-state index in [1.807, 2.05) is 53.2 Å². The van der Waals surface area contributed by atoms with Crippen LogP contribution in [0, 0.1) is 4.91 Å². The van der Waals surface area contributed by atoms with Crippen molar-refractivity contribution < 1.29 is 10.2 Å². The Morgan fingerprint density at radius 2 is 1.87 bits per heavy atom. The smallest absolute Gasteiger partial charge is 0.211 e. The van der Waals surface area contributed by atoms with Crippen molar-refractivity contribution in [1.29, 1.82) is 0 Å². The molecule has 0 saturated carbocycles. The van der Waals surface area contributed by atoms with Gasteiger partial charge in [-0.2, -0.15) is 5.10 Å². The van der Waals surface area contributed by atoms with E-state index < -0.39 is 6.61 Å². The topological polar surface area (TPSA) is 99.5 Å². The van der Waals surface area contributed by atoms with Crippen LogP contribution in [0.5, 0.6) is 5.75 Å². The SMILES string of the molecule is O=Nc1c(/C=N/n2c(-c3cccs3)csc2=Nc2ccccc2)ccc(O)c1CO. The minimum Gasteiger partial charge on any atom is -0.507 e. The first-order chi connectivity index (χ1) is 14.7. The molecule has 2 N–H and O–H groups in total. The first kappa shape index (κ1) is 19.9. The molecule has 0 amide bonds. The summed E-state index contributed by atoms with van der Waals surface area (Å²) in [6, 6.07) is 16.4. The number of para-hydroxylation sites is 1. The summed E-state index contributed by atoms with van der Waals surface area (Å²) < 4.78 is 1.70. The Morgan fingerprint density at radius 1 is 1.03 bits per heavy atom. The molecule has 0 aliphatic rings. The van der Waals surface area contributed by atoms with Gasteiger partial charge < -0.3 is 10.2 Å². The molecule has 2 heterocycles. The van der Waals surface area contributed by atoms with Gasteiger partial charge in [0.1, 0.15) is 11.4 Å². The molecule has 150 valence electrons. The van der Waals surface area contributed by atoms with Gasteiger partial charge in [-0.25, -0.2) is 9.67 Å². The highest BCUT2D eigenvalue weighted by Crippen LogP contribution is 2.31. The molecule has 0 aliphatic heterocycles. The largest absolute Gasteiger partial charge is 0.507 e. The molecule has 2 aromatic heterocycles. The highest BCUT2D eigenvalue weighted by Gasteiger charge is 2.13. The van der Waals surface area contributed by atoms with Gasteiger partial charge in [-0.05, 0) is 40.9 Å². The van der Waals surface area contributed by atoms with Crippen LogP contribution in [0.15, 0.2) is 80.6 Å². The Morgan fingerprint density at radius 3 is 2.57 bits per heavy atom. The number of aliphatic hydroxyl groups is 1. The van der Waals surface area contributed by atoms with Crippen molar-refractivity contribution in [2.75, 3.05) is 0 Å². The number of nitrogens with zero attached hydrogens (tertiary/aromatic N) is 4. The lowest BCUT2D eigenvalue weighted by Crippen LogP contribution is -2.11. The van der Waals surface area contributed by atoms with Crippen molar-refractivity contribution in [3.63, 3.8) is 0 Å². The number of hydrogen-bond acceptors (Lipinski definition) is 8. The van der Waals surface area contributed by atoms with Gasteiger partial charge in [-0.15, -0.1) is 27.6 Å². The summed E-state index contributed by atoms with van der Waals surface area (Å²) in [5.74, 6) is -0.188. The molecule has 0 aliphatic carbocycles. The minimum atomic E-state index is -0.505. The zero-order valence-electron chi connectivity index (χ0n) is 15.5. The first-order valence-corrected chi connectivity index (χ1v) is 10.6. The third-order valence-corrected chi connectivity index (χ3v) is 6.00. The van der Waals surface area contributed by atoms with Crippen molar-refractivity contribution in [2.24, 2.45) is 15.3 Å². The number of hydrogen-bond donors (Lipinski definition) is 2. The number of rotatable bonds is 6. The van der Waals surface area contributed by atoms with Crippen LogP contribution in [0.2, 0.25) is 0 Å². The number of aromatic nitrogens is 1. The van der Waals surface area contributed by atoms with E-state index in [2.05, 4.69) is 15.3 Å². The lowest BCUT2D eigenvalue weighted by Gasteiger charge is -2.06. The second-order valence-corrected chi connectivity index (χ2v) is 7.92. The molecule has 0 unspecified atom stereocenters. The van der Waals surface area contributed by atoms with Crippen molar-refractivity contribution in [3.8, 4) is 16.3 Å². The summed E-state index contributed by atoms with van der Waals surface area (Å²) in [5.41, 5.74) is 2.06. The summed E-state index contributed by atoms with van der Waals surface area (Å²) in [6.07, 6.45) is 1.48. The molecule has 7 nitrogen and oxygen atoms in total. The van der Waals surface area contributed by atoms with Crippen LogP contribution in [-0.4, -0.2) is 21.1 Å². The van der Waals surface area contributed by atoms with Gasteiger partial charge in [-0.1, -0.05) is 24.3 Å². The van der Waals surface area contributed by atoms with E-state index >= 15 is 0 Å². The van der Waals surface area contributed by atoms with E-state index in [4.69, 9.17) is 0 Å². The van der Waals surface area contributed by atoms with Crippen molar-refractivity contribution in [1.82, 2.24) is 4.68 Å². The van der Waals surface area contributed by atoms with Crippen LogP contribution >= 0.6 is 22.7 Å². The average Bonchev–Trinajstić information content (AvgIpc) is 3.43. The number of aliphatic hydroxyl groups excluding tert-OH is 1. The van der Waals surface area contributed by atoms with Crippen LogP contribution in [0.3, 0.4) is 0 Å². The summed E-state index contributed by atoms with van der Waals surface area (Å²) in [6.45, 7) is -0.505. The quantitative estimate of drug-likeness (QED) is 0.329. The molecule has 9 heteroatoms. The molecule has 0 radical (unpaired) electrons. The van der Waals surface area contributed by atoms with Crippen LogP contribution in [0.1, 0.15) is 11.1 Å². The molecular formula is C21H16N4O3S2. The maximum Gasteiger partial charge on any atom is 0.211 e. The van der Waals surface area contributed by atoms with Crippen molar-refractivity contribution in [3.05, 3.63) is 86.2 Å². The van der Waals surface area contributed by atoms with Gasteiger partial charge in [0.05, 0.1) is 29.1 Å². The predicted octanol–water partition coefficient (Wildman–Crippen LogP) is 4.99. The fourth-order valence-electron chi connectivity index (χ4n) is 2.83. The lowest BCUT2D eigenvalue weighted by molar-refractivity contribution is 0.276. The second kappa shape index (κ2) is 8.95. The van der Waals surface area contributed by atoms with Gasteiger partial charge in [0.15, 0.2) is 0 Å². The molecular weight excluding hydrogens is 420 g/mol. The Bertz CT molecular complexity index is 1260. The molecule has 30 heavy (non-hydrogen) atoms. The summed E-state index contributed by atoms with van der Waals surface area (Å²) in [5, 5.41) is 30.8. The minimum absolute atomic E-state index is 0.0451. The van der Waals surface area contributed by atoms with E-state index in [1.165, 1.54) is 29.7 Å². The Hall–Kier alpha value is -3.40. The number of phenols is 1. The average molecular weight is 437 g/mol. The molecule has 0 saturated heterocycles. The maximum absolute atomic E-state index is 11.3. The first-order valence-electron chi connectivity index (χ1n) is 8.89. The highest BCUT2D eigenvalue weighted by molar-refractivity contribution is 7.14. The Balaban J connectivity index is 1.85. The van der Waals surface area contributed by atoms with Crippen LogP contribution < -0.4 is 4.80 Å². The second-order valence-electron chi connectivity index (χ2n) is 6.14. The number of thiazole rings is 1. The van der Waals surface area contributed by atoms with E-state index in [0.29, 0.717) is 10.4 Å². The molecule has 0 spiro atoms. The van der Waals surface area contributed by atoms with Gasteiger partial charge in [0, 0.05) is 16.5 Å². The van der Waals surface area contributed by atoms with Crippen LogP contribution in [-0.2, 0) is 6.61 Å². The zero-order valence-corrected chi connectivity index (χ0v) is 17.2. The fourth-order valence-corrected chi connectivity index (χ4v) is 4.48. The van der Waals surface area contributed by atoms with Crippen molar-refractivity contribution in [2.45, 2.75) is 6.61 Å². The van der Waals surface area contributed by atoms with Gasteiger partial charge >= 0.3 is 0 Å². The summed E-state index contributed by atoms with van der Waals surface area (Å²) in [4.78, 5) is 17.7. The Labute approximate surface area is 179 Å². The number of aromatic hydroxyl groups is 1. The third kappa shape index (κ3) is 3.99. The molecule has 4 aromatic rings. The third-order valence-electron chi connectivity index (χ3n) is 4.29. The van der Waals surface area contributed by atoms with Crippen LogP contribution in [0.25, 0.3) is 10.6 Å². The zero-order chi connectivity index (χ0) is 20.9. The summed E-state index contributed by atoms with van der Waals surface area (Å²) in [7, 11) is 0. The van der Waals surface area contributed by atoms with Gasteiger partial charge in [-0.3, -0.25) is 0 Å². The maximum atomic E-state index is 11.3. The summed E-state index contributed by atoms with van der Waals surface area (Å²) >= 11 is 3.03. The molecule has 0 bridgehead atoms. The number of thiophene rings is 1. The fraction of sp³-hybridized carbons (Fsp3) is 0.0476. The normalized spacial score (nSPS) is 12.0. The lowest BCUT2D eigenvalue weighted by atomic mass is 10.1. The van der Waals surface area contributed by atoms with E-state index in [9.17, 15) is 15.1 Å². The Kier molecular flexibility index (Phi) is 5.94. The molecule has 0 fully saturated rings. The number of nitroso groups, excluding NO2 is 1. The molecule has 2 aromatic carbocycles. The van der Waals surface area contributed by atoms with Gasteiger partial charge in [0.25, 0.3) is 0 Å². The predicted molar refractivity (Wildman–Crippen MR) is 120 cm³/mol. The van der Waals surface area contributed by atoms with Gasteiger partial charge in [0.2, 0.25) is 4.80 Å². The highest BCUT2D eigenvalue weighted by atomic mass is 32.1. The van der Waals surface area contributed by atoms with E-state index in [-0.39, 0.29) is 17.0 Å². The monoisotopic (exact) mass is 436 g/mol. The number of benzene rings is 2. The standard InChI is InChI=1S/C21H16N4O3S2/c26-12-16-18(27)9-8-14(20(16)24-28)11-22-25-17(19-7-4-10-29-19)13-30-21(25)23-15-5-2-1-3-6-15/h1-11,13,26-27H,12H2/b22-11+,23-21?. The van der Waals surface area contributed by atoms with E-state index in [1.54, 1.807) is 16.0 Å². The van der Waals surface area contributed by atoms with E-state index in [0.717, 1.165) is 16.3 Å². The molecule has 4 rings (SSSR count).